The van der Waals surface area contributed by atoms with Crippen molar-refractivity contribution in [1.82, 2.24) is 10.2 Å². The predicted octanol–water partition coefficient (Wildman–Crippen LogP) is 2.88. The summed E-state index contributed by atoms with van der Waals surface area (Å²) in [7, 11) is -3.70. The van der Waals surface area contributed by atoms with Gasteiger partial charge in [0.2, 0.25) is 5.13 Å². The second-order valence-corrected chi connectivity index (χ2v) is 8.49. The van der Waals surface area contributed by atoms with Crippen LogP contribution in [0.1, 0.15) is 18.9 Å². The lowest BCUT2D eigenvalue weighted by Gasteiger charge is -2.06. The molecule has 1 aromatic carbocycles. The van der Waals surface area contributed by atoms with Crippen LogP contribution in [0.3, 0.4) is 0 Å². The molecule has 0 aliphatic rings. The highest BCUT2D eigenvalue weighted by atomic mass is 79.9. The van der Waals surface area contributed by atoms with Crippen LogP contribution in [0, 0.1) is 5.92 Å². The van der Waals surface area contributed by atoms with E-state index in [0.717, 1.165) is 11.4 Å². The molecule has 0 fully saturated rings. The molecule has 0 saturated carbocycles. The molecule has 9 heteroatoms. The van der Waals surface area contributed by atoms with E-state index in [4.69, 9.17) is 5.73 Å². The Kier molecular flexibility index (Phi) is 4.84. The van der Waals surface area contributed by atoms with Gasteiger partial charge in [0.15, 0.2) is 0 Å². The molecule has 114 valence electrons. The Morgan fingerprint density at radius 1 is 1.38 bits per heavy atom. The van der Waals surface area contributed by atoms with Crippen LogP contribution >= 0.6 is 27.3 Å². The fourth-order valence-corrected chi connectivity index (χ4v) is 4.31. The van der Waals surface area contributed by atoms with Gasteiger partial charge in [-0.2, -0.15) is 0 Å². The van der Waals surface area contributed by atoms with Crippen molar-refractivity contribution in [3.63, 3.8) is 0 Å². The second kappa shape index (κ2) is 6.29. The summed E-state index contributed by atoms with van der Waals surface area (Å²) in [5, 5.41) is 8.91. The van der Waals surface area contributed by atoms with Crippen molar-refractivity contribution < 1.29 is 8.42 Å². The van der Waals surface area contributed by atoms with Crippen molar-refractivity contribution in [2.45, 2.75) is 25.2 Å². The number of sulfonamides is 1. The van der Waals surface area contributed by atoms with Crippen molar-refractivity contribution in [2.75, 3.05) is 10.5 Å². The Labute approximate surface area is 136 Å². The third-order valence-corrected chi connectivity index (χ3v) is 5.57. The lowest BCUT2D eigenvalue weighted by Crippen LogP contribution is -2.13. The minimum atomic E-state index is -3.70. The number of halogens is 1. The lowest BCUT2D eigenvalue weighted by molar-refractivity contribution is 0.601. The number of nitrogen functional groups attached to an aromatic ring is 1. The van der Waals surface area contributed by atoms with Gasteiger partial charge in [-0.1, -0.05) is 25.2 Å². The Morgan fingerprint density at radius 2 is 2.10 bits per heavy atom. The van der Waals surface area contributed by atoms with Gasteiger partial charge in [-0.05, 0) is 40.0 Å². The molecule has 1 heterocycles. The summed E-state index contributed by atoms with van der Waals surface area (Å²) >= 11 is 4.45. The molecule has 21 heavy (non-hydrogen) atoms. The third kappa shape index (κ3) is 4.14. The molecule has 0 saturated heterocycles. The summed E-state index contributed by atoms with van der Waals surface area (Å²) in [6, 6.07) is 4.43. The molecule has 0 aliphatic carbocycles. The fraction of sp³-hybridized carbons (Fsp3) is 0.333. The highest BCUT2D eigenvalue weighted by molar-refractivity contribution is 9.10. The number of nitrogens with two attached hydrogens (primary N) is 1. The highest BCUT2D eigenvalue weighted by Gasteiger charge is 2.18. The topological polar surface area (TPSA) is 98.0 Å². The lowest BCUT2D eigenvalue weighted by atomic mass is 10.1. The molecule has 0 unspecified atom stereocenters. The van der Waals surface area contributed by atoms with E-state index in [1.54, 1.807) is 0 Å². The fourth-order valence-electron chi connectivity index (χ4n) is 1.58. The van der Waals surface area contributed by atoms with Crippen molar-refractivity contribution in [3.8, 4) is 0 Å². The van der Waals surface area contributed by atoms with Crippen LogP contribution in [-0.2, 0) is 16.4 Å². The molecule has 0 radical (unpaired) electrons. The Balaban J connectivity index is 2.20. The van der Waals surface area contributed by atoms with E-state index in [2.05, 4.69) is 44.7 Å². The number of anilines is 2. The molecule has 1 aromatic heterocycles. The first-order valence-corrected chi connectivity index (χ1v) is 9.27. The SMILES string of the molecule is CC(C)Cc1nnc(NS(=O)(=O)c2ccc(N)c(Br)c2)s1. The Bertz CT molecular complexity index is 743. The van der Waals surface area contributed by atoms with Gasteiger partial charge in [-0.15, -0.1) is 10.2 Å². The summed E-state index contributed by atoms with van der Waals surface area (Å²) in [6.45, 7) is 4.13. The largest absolute Gasteiger partial charge is 0.398 e. The van der Waals surface area contributed by atoms with Gasteiger partial charge in [0, 0.05) is 16.6 Å². The summed E-state index contributed by atoms with van der Waals surface area (Å²) < 4.78 is 27.5. The van der Waals surface area contributed by atoms with Crippen molar-refractivity contribution >= 4 is 48.1 Å². The first kappa shape index (κ1) is 16.2. The zero-order chi connectivity index (χ0) is 15.6. The van der Waals surface area contributed by atoms with Gasteiger partial charge in [0.1, 0.15) is 5.01 Å². The molecule has 2 aromatic rings. The van der Waals surface area contributed by atoms with Crippen LogP contribution in [-0.4, -0.2) is 18.6 Å². The van der Waals surface area contributed by atoms with Gasteiger partial charge in [0.05, 0.1) is 4.90 Å². The Hall–Kier alpha value is -1.19. The first-order chi connectivity index (χ1) is 9.78. The Morgan fingerprint density at radius 3 is 2.71 bits per heavy atom. The van der Waals surface area contributed by atoms with E-state index in [1.807, 2.05) is 0 Å². The minimum absolute atomic E-state index is 0.115. The smallest absolute Gasteiger partial charge is 0.263 e. The molecular formula is C12H15BrN4O2S2. The van der Waals surface area contributed by atoms with Crippen LogP contribution in [0.25, 0.3) is 0 Å². The van der Waals surface area contributed by atoms with Crippen molar-refractivity contribution in [2.24, 2.45) is 5.92 Å². The van der Waals surface area contributed by atoms with E-state index in [1.165, 1.54) is 29.5 Å². The van der Waals surface area contributed by atoms with Gasteiger partial charge >= 0.3 is 0 Å². The van der Waals surface area contributed by atoms with E-state index in [0.29, 0.717) is 16.1 Å². The third-order valence-electron chi connectivity index (χ3n) is 2.55. The molecular weight excluding hydrogens is 376 g/mol. The summed E-state index contributed by atoms with van der Waals surface area (Å²) in [6.07, 6.45) is 0.771. The van der Waals surface area contributed by atoms with Gasteiger partial charge < -0.3 is 5.73 Å². The summed E-state index contributed by atoms with van der Waals surface area (Å²) in [5.74, 6) is 0.440. The van der Waals surface area contributed by atoms with E-state index in [-0.39, 0.29) is 10.0 Å². The highest BCUT2D eigenvalue weighted by Crippen LogP contribution is 2.26. The molecule has 6 nitrogen and oxygen atoms in total. The van der Waals surface area contributed by atoms with Crippen LogP contribution in [0.5, 0.6) is 0 Å². The van der Waals surface area contributed by atoms with Crippen molar-refractivity contribution in [1.29, 1.82) is 0 Å². The van der Waals surface area contributed by atoms with Gasteiger partial charge in [0.25, 0.3) is 10.0 Å². The van der Waals surface area contributed by atoms with E-state index in [9.17, 15) is 8.42 Å². The number of rotatable bonds is 5. The summed E-state index contributed by atoms with van der Waals surface area (Å²) in [4.78, 5) is 0.115. The molecule has 0 amide bonds. The number of hydrogen-bond donors (Lipinski definition) is 2. The van der Waals surface area contributed by atoms with Crippen LogP contribution < -0.4 is 10.5 Å². The average molecular weight is 391 g/mol. The number of nitrogens with one attached hydrogen (secondary N) is 1. The van der Waals surface area contributed by atoms with Crippen molar-refractivity contribution in [3.05, 3.63) is 27.7 Å². The van der Waals surface area contributed by atoms with Crippen LogP contribution in [0.15, 0.2) is 27.6 Å². The monoisotopic (exact) mass is 390 g/mol. The maximum absolute atomic E-state index is 12.3. The molecule has 0 atom stereocenters. The van der Waals surface area contributed by atoms with Crippen LogP contribution in [0.2, 0.25) is 0 Å². The zero-order valence-corrected chi connectivity index (χ0v) is 14.7. The molecule has 0 bridgehead atoms. The number of nitrogens with zero attached hydrogens (tertiary/aromatic N) is 2. The molecule has 2 rings (SSSR count). The molecule has 0 aliphatic heterocycles. The predicted molar refractivity (Wildman–Crippen MR) is 87.8 cm³/mol. The number of aromatic nitrogens is 2. The minimum Gasteiger partial charge on any atom is -0.398 e. The normalized spacial score (nSPS) is 11.8. The quantitative estimate of drug-likeness (QED) is 0.764. The van der Waals surface area contributed by atoms with Gasteiger partial charge in [-0.25, -0.2) is 8.42 Å². The standard InChI is InChI=1S/C12H15BrN4O2S2/c1-7(2)5-11-15-16-12(20-11)17-21(18,19)8-3-4-10(14)9(13)6-8/h3-4,6-7H,5,14H2,1-2H3,(H,16,17). The van der Waals surface area contributed by atoms with E-state index < -0.39 is 10.0 Å². The zero-order valence-electron chi connectivity index (χ0n) is 11.5. The second-order valence-electron chi connectivity index (χ2n) is 4.89. The number of benzene rings is 1. The summed E-state index contributed by atoms with van der Waals surface area (Å²) in [5.41, 5.74) is 6.13. The molecule has 0 spiro atoms. The van der Waals surface area contributed by atoms with Gasteiger partial charge in [-0.3, -0.25) is 4.72 Å². The first-order valence-electron chi connectivity index (χ1n) is 6.18. The maximum atomic E-state index is 12.3. The average Bonchev–Trinajstić information content (AvgIpc) is 2.78. The maximum Gasteiger partial charge on any atom is 0.263 e. The molecule has 3 N–H and O–H groups in total. The van der Waals surface area contributed by atoms with E-state index >= 15 is 0 Å². The number of hydrogen-bond acceptors (Lipinski definition) is 6. The van der Waals surface area contributed by atoms with Crippen LogP contribution in [0.4, 0.5) is 10.8 Å².